The fourth-order valence-corrected chi connectivity index (χ4v) is 2.18. The Morgan fingerprint density at radius 3 is 2.81 bits per heavy atom. The smallest absolute Gasteiger partial charge is 0.0992 e. The van der Waals surface area contributed by atoms with Crippen molar-refractivity contribution >= 4 is 5.69 Å². The van der Waals surface area contributed by atoms with Crippen LogP contribution in [0.2, 0.25) is 0 Å². The SMILES string of the molecule is CCN(CC1CCC1)c1cccc(C#N)c1. The van der Waals surface area contributed by atoms with Gasteiger partial charge in [-0.05, 0) is 43.9 Å². The molecule has 2 heteroatoms. The zero-order chi connectivity index (χ0) is 11.4. The molecular weight excluding hydrogens is 196 g/mol. The van der Waals surface area contributed by atoms with Crippen LogP contribution in [-0.2, 0) is 0 Å². The molecule has 16 heavy (non-hydrogen) atoms. The minimum Gasteiger partial charge on any atom is -0.371 e. The van der Waals surface area contributed by atoms with E-state index in [1.165, 1.54) is 24.9 Å². The lowest BCUT2D eigenvalue weighted by Gasteiger charge is -2.33. The Bertz CT molecular complexity index is 388. The first kappa shape index (κ1) is 11.0. The number of nitrogens with zero attached hydrogens (tertiary/aromatic N) is 2. The topological polar surface area (TPSA) is 27.0 Å². The lowest BCUT2D eigenvalue weighted by atomic mass is 9.85. The molecule has 1 aliphatic rings. The average molecular weight is 214 g/mol. The molecule has 0 N–H and O–H groups in total. The summed E-state index contributed by atoms with van der Waals surface area (Å²) in [7, 11) is 0. The number of nitriles is 1. The standard InChI is InChI=1S/C14H18N2/c1-2-16(11-12-5-3-6-12)14-8-4-7-13(9-14)10-15/h4,7-9,12H,2-3,5-6,11H2,1H3. The van der Waals surface area contributed by atoms with Gasteiger partial charge in [-0.15, -0.1) is 0 Å². The number of anilines is 1. The molecule has 1 fully saturated rings. The summed E-state index contributed by atoms with van der Waals surface area (Å²) >= 11 is 0. The van der Waals surface area contributed by atoms with E-state index in [1.807, 2.05) is 18.2 Å². The summed E-state index contributed by atoms with van der Waals surface area (Å²) in [6, 6.07) is 10.1. The minimum absolute atomic E-state index is 0.754. The van der Waals surface area contributed by atoms with Crippen LogP contribution >= 0.6 is 0 Å². The number of hydrogen-bond acceptors (Lipinski definition) is 2. The number of benzene rings is 1. The summed E-state index contributed by atoms with van der Waals surface area (Å²) < 4.78 is 0. The highest BCUT2D eigenvalue weighted by atomic mass is 15.1. The maximum Gasteiger partial charge on any atom is 0.0992 e. The van der Waals surface area contributed by atoms with Crippen molar-refractivity contribution < 1.29 is 0 Å². The lowest BCUT2D eigenvalue weighted by Crippen LogP contribution is -2.32. The van der Waals surface area contributed by atoms with Gasteiger partial charge in [-0.2, -0.15) is 5.26 Å². The van der Waals surface area contributed by atoms with Gasteiger partial charge >= 0.3 is 0 Å². The Kier molecular flexibility index (Phi) is 3.46. The van der Waals surface area contributed by atoms with Crippen molar-refractivity contribution in [2.24, 2.45) is 5.92 Å². The van der Waals surface area contributed by atoms with Crippen LogP contribution in [0, 0.1) is 17.2 Å². The monoisotopic (exact) mass is 214 g/mol. The summed E-state index contributed by atoms with van der Waals surface area (Å²) in [6.07, 6.45) is 4.13. The Hall–Kier alpha value is -1.49. The molecule has 0 aromatic heterocycles. The van der Waals surface area contributed by atoms with Gasteiger partial charge in [0.15, 0.2) is 0 Å². The molecule has 0 unspecified atom stereocenters. The van der Waals surface area contributed by atoms with E-state index in [4.69, 9.17) is 5.26 Å². The fourth-order valence-electron chi connectivity index (χ4n) is 2.18. The number of rotatable bonds is 4. The van der Waals surface area contributed by atoms with E-state index in [9.17, 15) is 0 Å². The van der Waals surface area contributed by atoms with Crippen molar-refractivity contribution in [3.8, 4) is 6.07 Å². The molecular formula is C14H18N2. The Labute approximate surface area is 97.5 Å². The van der Waals surface area contributed by atoms with Crippen LogP contribution in [0.25, 0.3) is 0 Å². The second-order valence-corrected chi connectivity index (χ2v) is 4.50. The highest BCUT2D eigenvalue weighted by Gasteiger charge is 2.20. The van der Waals surface area contributed by atoms with Gasteiger partial charge in [-0.1, -0.05) is 12.5 Å². The quantitative estimate of drug-likeness (QED) is 0.769. The van der Waals surface area contributed by atoms with Gasteiger partial charge in [0.05, 0.1) is 11.6 Å². The molecule has 2 rings (SSSR count). The summed E-state index contributed by atoms with van der Waals surface area (Å²) in [5.74, 6) is 0.866. The largest absolute Gasteiger partial charge is 0.371 e. The van der Waals surface area contributed by atoms with E-state index in [1.54, 1.807) is 0 Å². The van der Waals surface area contributed by atoms with Crippen molar-refractivity contribution in [1.29, 1.82) is 5.26 Å². The predicted molar refractivity (Wildman–Crippen MR) is 66.4 cm³/mol. The van der Waals surface area contributed by atoms with Crippen LogP contribution in [0.5, 0.6) is 0 Å². The summed E-state index contributed by atoms with van der Waals surface area (Å²) in [5, 5.41) is 8.89. The molecule has 84 valence electrons. The second-order valence-electron chi connectivity index (χ2n) is 4.50. The van der Waals surface area contributed by atoms with E-state index in [-0.39, 0.29) is 0 Å². The van der Waals surface area contributed by atoms with Crippen LogP contribution in [0.15, 0.2) is 24.3 Å². The molecule has 0 saturated heterocycles. The Balaban J connectivity index is 2.09. The first-order valence-corrected chi connectivity index (χ1v) is 6.08. The van der Waals surface area contributed by atoms with Crippen LogP contribution in [-0.4, -0.2) is 13.1 Å². The van der Waals surface area contributed by atoms with Gasteiger partial charge in [0.25, 0.3) is 0 Å². The minimum atomic E-state index is 0.754. The van der Waals surface area contributed by atoms with Gasteiger partial charge in [0.2, 0.25) is 0 Å². The fraction of sp³-hybridized carbons (Fsp3) is 0.500. The van der Waals surface area contributed by atoms with Crippen LogP contribution in [0.4, 0.5) is 5.69 Å². The molecule has 1 saturated carbocycles. The lowest BCUT2D eigenvalue weighted by molar-refractivity contribution is 0.318. The molecule has 1 aliphatic carbocycles. The van der Waals surface area contributed by atoms with Crippen molar-refractivity contribution in [2.75, 3.05) is 18.0 Å². The van der Waals surface area contributed by atoms with Crippen molar-refractivity contribution in [3.63, 3.8) is 0 Å². The zero-order valence-corrected chi connectivity index (χ0v) is 9.82. The molecule has 0 heterocycles. The molecule has 0 aliphatic heterocycles. The molecule has 1 aromatic rings. The van der Waals surface area contributed by atoms with Crippen LogP contribution in [0.3, 0.4) is 0 Å². The van der Waals surface area contributed by atoms with E-state index in [2.05, 4.69) is 24.0 Å². The van der Waals surface area contributed by atoms with E-state index in [0.29, 0.717) is 0 Å². The third-order valence-corrected chi connectivity index (χ3v) is 3.43. The third kappa shape index (κ3) is 2.36. The van der Waals surface area contributed by atoms with Crippen LogP contribution in [0.1, 0.15) is 31.7 Å². The number of hydrogen-bond donors (Lipinski definition) is 0. The molecule has 0 amide bonds. The van der Waals surface area contributed by atoms with Gasteiger partial charge in [-0.25, -0.2) is 0 Å². The first-order valence-electron chi connectivity index (χ1n) is 6.08. The molecule has 1 aromatic carbocycles. The zero-order valence-electron chi connectivity index (χ0n) is 9.82. The predicted octanol–water partition coefficient (Wildman–Crippen LogP) is 3.18. The van der Waals surface area contributed by atoms with E-state index < -0.39 is 0 Å². The maximum absolute atomic E-state index is 8.89. The normalized spacial score (nSPS) is 15.2. The maximum atomic E-state index is 8.89. The highest BCUT2D eigenvalue weighted by Crippen LogP contribution is 2.29. The molecule has 0 bridgehead atoms. The highest BCUT2D eigenvalue weighted by molar-refractivity contribution is 5.51. The summed E-state index contributed by atoms with van der Waals surface area (Å²) in [4.78, 5) is 2.38. The molecule has 0 radical (unpaired) electrons. The van der Waals surface area contributed by atoms with Crippen molar-refractivity contribution in [3.05, 3.63) is 29.8 Å². The molecule has 0 atom stereocenters. The van der Waals surface area contributed by atoms with Gasteiger partial charge in [0, 0.05) is 18.8 Å². The van der Waals surface area contributed by atoms with E-state index in [0.717, 1.165) is 24.6 Å². The van der Waals surface area contributed by atoms with Gasteiger partial charge < -0.3 is 4.90 Å². The summed E-state index contributed by atoms with van der Waals surface area (Å²) in [5.41, 5.74) is 1.94. The first-order chi connectivity index (χ1) is 7.83. The molecule has 0 spiro atoms. The molecule has 2 nitrogen and oxygen atoms in total. The van der Waals surface area contributed by atoms with E-state index >= 15 is 0 Å². The van der Waals surface area contributed by atoms with Crippen molar-refractivity contribution in [2.45, 2.75) is 26.2 Å². The Morgan fingerprint density at radius 2 is 2.25 bits per heavy atom. The second kappa shape index (κ2) is 5.03. The Morgan fingerprint density at radius 1 is 1.44 bits per heavy atom. The van der Waals surface area contributed by atoms with Crippen LogP contribution < -0.4 is 4.90 Å². The van der Waals surface area contributed by atoms with Crippen molar-refractivity contribution in [1.82, 2.24) is 0 Å². The average Bonchev–Trinajstić information content (AvgIpc) is 2.28. The van der Waals surface area contributed by atoms with Gasteiger partial charge in [-0.3, -0.25) is 0 Å². The van der Waals surface area contributed by atoms with Gasteiger partial charge in [0.1, 0.15) is 0 Å². The summed E-state index contributed by atoms with van der Waals surface area (Å²) in [6.45, 7) is 4.34. The third-order valence-electron chi connectivity index (χ3n) is 3.43.